The second-order valence-corrected chi connectivity index (χ2v) is 3.24. The number of aromatic hydroxyl groups is 1. The van der Waals surface area contributed by atoms with E-state index >= 15 is 0 Å². The summed E-state index contributed by atoms with van der Waals surface area (Å²) in [6.07, 6.45) is 0. The first-order valence-corrected chi connectivity index (χ1v) is 4.29. The van der Waals surface area contributed by atoms with Crippen molar-refractivity contribution in [2.45, 2.75) is 13.0 Å². The van der Waals surface area contributed by atoms with Gasteiger partial charge in [0.15, 0.2) is 0 Å². The Kier molecular flexibility index (Phi) is 3.09. The largest absolute Gasteiger partial charge is 0.508 e. The van der Waals surface area contributed by atoms with Crippen LogP contribution in [0.2, 0.25) is 0 Å². The third kappa shape index (κ3) is 2.23. The predicted octanol–water partition coefficient (Wildman–Crippen LogP) is 1.11. The zero-order valence-electron chi connectivity index (χ0n) is 7.84. The molecule has 4 nitrogen and oxygen atoms in total. The lowest BCUT2D eigenvalue weighted by molar-refractivity contribution is -0.141. The van der Waals surface area contributed by atoms with Gasteiger partial charge >= 0.3 is 5.97 Å². The number of aliphatic carboxylic acids is 1. The van der Waals surface area contributed by atoms with Crippen LogP contribution in [0.5, 0.6) is 5.75 Å². The van der Waals surface area contributed by atoms with Gasteiger partial charge in [0, 0.05) is 6.04 Å². The van der Waals surface area contributed by atoms with Crippen molar-refractivity contribution in [3.63, 3.8) is 0 Å². The van der Waals surface area contributed by atoms with Gasteiger partial charge in [0.2, 0.25) is 0 Å². The monoisotopic (exact) mass is 195 g/mol. The minimum atomic E-state index is -0.925. The van der Waals surface area contributed by atoms with Gasteiger partial charge in [0.05, 0.1) is 5.92 Å². The summed E-state index contributed by atoms with van der Waals surface area (Å²) in [5, 5.41) is 17.8. The van der Waals surface area contributed by atoms with E-state index in [-0.39, 0.29) is 5.75 Å². The number of carboxylic acids is 1. The second-order valence-electron chi connectivity index (χ2n) is 3.24. The van der Waals surface area contributed by atoms with E-state index < -0.39 is 17.9 Å². The Morgan fingerprint density at radius 1 is 1.36 bits per heavy atom. The van der Waals surface area contributed by atoms with Crippen LogP contribution in [-0.4, -0.2) is 16.2 Å². The number of hydrogen-bond acceptors (Lipinski definition) is 3. The Labute approximate surface area is 82.0 Å². The third-order valence-corrected chi connectivity index (χ3v) is 2.21. The second kappa shape index (κ2) is 4.11. The van der Waals surface area contributed by atoms with Crippen LogP contribution in [0.15, 0.2) is 24.3 Å². The van der Waals surface area contributed by atoms with E-state index in [1.807, 2.05) is 0 Å². The van der Waals surface area contributed by atoms with Crippen LogP contribution in [0, 0.1) is 5.92 Å². The van der Waals surface area contributed by atoms with Crippen LogP contribution >= 0.6 is 0 Å². The first kappa shape index (κ1) is 10.5. The van der Waals surface area contributed by atoms with E-state index in [4.69, 9.17) is 15.9 Å². The molecule has 0 aliphatic heterocycles. The molecule has 4 N–H and O–H groups in total. The van der Waals surface area contributed by atoms with Gasteiger partial charge in [-0.1, -0.05) is 19.1 Å². The Hall–Kier alpha value is -1.55. The summed E-state index contributed by atoms with van der Waals surface area (Å²) in [4.78, 5) is 10.7. The highest BCUT2D eigenvalue weighted by molar-refractivity contribution is 5.70. The topological polar surface area (TPSA) is 83.5 Å². The van der Waals surface area contributed by atoms with Crippen molar-refractivity contribution in [3.8, 4) is 5.75 Å². The van der Waals surface area contributed by atoms with Crippen LogP contribution in [0.1, 0.15) is 18.5 Å². The van der Waals surface area contributed by atoms with E-state index in [1.54, 1.807) is 19.1 Å². The quantitative estimate of drug-likeness (QED) is 0.674. The minimum absolute atomic E-state index is 0.143. The zero-order chi connectivity index (χ0) is 10.7. The maximum atomic E-state index is 10.7. The molecule has 0 amide bonds. The number of phenols is 1. The third-order valence-electron chi connectivity index (χ3n) is 2.21. The van der Waals surface area contributed by atoms with Gasteiger partial charge in [-0.05, 0) is 17.7 Å². The molecule has 0 spiro atoms. The molecule has 0 bridgehead atoms. The summed E-state index contributed by atoms with van der Waals surface area (Å²) < 4.78 is 0. The fraction of sp³-hybridized carbons (Fsp3) is 0.300. The highest BCUT2D eigenvalue weighted by Gasteiger charge is 2.21. The molecule has 1 aromatic carbocycles. The molecular weight excluding hydrogens is 182 g/mol. The Bertz CT molecular complexity index is 321. The van der Waals surface area contributed by atoms with Gasteiger partial charge in [-0.15, -0.1) is 0 Å². The van der Waals surface area contributed by atoms with Crippen LogP contribution in [-0.2, 0) is 4.79 Å². The molecule has 0 aromatic heterocycles. The van der Waals surface area contributed by atoms with Crippen molar-refractivity contribution in [2.24, 2.45) is 11.7 Å². The highest BCUT2D eigenvalue weighted by atomic mass is 16.4. The maximum Gasteiger partial charge on any atom is 0.308 e. The van der Waals surface area contributed by atoms with Crippen molar-refractivity contribution < 1.29 is 15.0 Å². The van der Waals surface area contributed by atoms with Crippen LogP contribution in [0.4, 0.5) is 0 Å². The Morgan fingerprint density at radius 3 is 2.29 bits per heavy atom. The molecule has 4 heteroatoms. The van der Waals surface area contributed by atoms with E-state index in [1.165, 1.54) is 12.1 Å². The molecule has 0 heterocycles. The first-order chi connectivity index (χ1) is 6.52. The van der Waals surface area contributed by atoms with Crippen molar-refractivity contribution in [1.29, 1.82) is 0 Å². The smallest absolute Gasteiger partial charge is 0.308 e. The average Bonchev–Trinajstić information content (AvgIpc) is 2.16. The van der Waals surface area contributed by atoms with Crippen LogP contribution < -0.4 is 5.73 Å². The fourth-order valence-corrected chi connectivity index (χ4v) is 1.14. The maximum absolute atomic E-state index is 10.7. The number of carboxylic acid groups (broad SMARTS) is 1. The molecule has 76 valence electrons. The number of hydrogen-bond donors (Lipinski definition) is 3. The van der Waals surface area contributed by atoms with E-state index in [0.717, 1.165) is 0 Å². The van der Waals surface area contributed by atoms with E-state index in [9.17, 15) is 4.79 Å². The number of phenolic OH excluding ortho intramolecular Hbond substituents is 1. The molecular formula is C10H13NO3. The molecule has 0 aliphatic rings. The summed E-state index contributed by atoms with van der Waals surface area (Å²) >= 11 is 0. The first-order valence-electron chi connectivity index (χ1n) is 4.29. The summed E-state index contributed by atoms with van der Waals surface area (Å²) in [7, 11) is 0. The number of carbonyl (C=O) groups is 1. The molecule has 2 atom stereocenters. The standard InChI is InChI=1S/C10H13NO3/c1-6(10(13)14)9(11)7-2-4-8(12)5-3-7/h2-6,9,12H,11H2,1H3,(H,13,14)/t6?,9-/m0/s1. The molecule has 0 fully saturated rings. The summed E-state index contributed by atoms with van der Waals surface area (Å²) in [6, 6.07) is 5.68. The van der Waals surface area contributed by atoms with Crippen molar-refractivity contribution in [2.75, 3.05) is 0 Å². The summed E-state index contributed by atoms with van der Waals surface area (Å²) in [5.41, 5.74) is 6.43. The summed E-state index contributed by atoms with van der Waals surface area (Å²) in [5.74, 6) is -1.42. The Morgan fingerprint density at radius 2 is 1.86 bits per heavy atom. The van der Waals surface area contributed by atoms with E-state index in [0.29, 0.717) is 5.56 Å². The lowest BCUT2D eigenvalue weighted by atomic mass is 9.95. The van der Waals surface area contributed by atoms with Crippen molar-refractivity contribution >= 4 is 5.97 Å². The number of rotatable bonds is 3. The molecule has 0 saturated heterocycles. The number of nitrogens with two attached hydrogens (primary N) is 1. The summed E-state index contributed by atoms with van der Waals surface area (Å²) in [6.45, 7) is 1.56. The van der Waals surface area contributed by atoms with Gasteiger partial charge in [-0.3, -0.25) is 4.79 Å². The van der Waals surface area contributed by atoms with Gasteiger partial charge in [0.25, 0.3) is 0 Å². The van der Waals surface area contributed by atoms with Gasteiger partial charge in [-0.2, -0.15) is 0 Å². The lowest BCUT2D eigenvalue weighted by Crippen LogP contribution is -2.25. The minimum Gasteiger partial charge on any atom is -0.508 e. The molecule has 0 radical (unpaired) electrons. The normalized spacial score (nSPS) is 14.7. The van der Waals surface area contributed by atoms with E-state index in [2.05, 4.69) is 0 Å². The van der Waals surface area contributed by atoms with Crippen molar-refractivity contribution in [1.82, 2.24) is 0 Å². The zero-order valence-corrected chi connectivity index (χ0v) is 7.84. The van der Waals surface area contributed by atoms with Crippen LogP contribution in [0.25, 0.3) is 0 Å². The Balaban J connectivity index is 2.84. The molecule has 1 aromatic rings. The van der Waals surface area contributed by atoms with Crippen molar-refractivity contribution in [3.05, 3.63) is 29.8 Å². The fourth-order valence-electron chi connectivity index (χ4n) is 1.14. The highest BCUT2D eigenvalue weighted by Crippen LogP contribution is 2.21. The van der Waals surface area contributed by atoms with Crippen LogP contribution in [0.3, 0.4) is 0 Å². The molecule has 14 heavy (non-hydrogen) atoms. The molecule has 1 unspecified atom stereocenters. The number of benzene rings is 1. The predicted molar refractivity (Wildman–Crippen MR) is 51.8 cm³/mol. The average molecular weight is 195 g/mol. The van der Waals surface area contributed by atoms with Gasteiger partial charge in [0.1, 0.15) is 5.75 Å². The SMILES string of the molecule is CC(C(=O)O)[C@H](N)c1ccc(O)cc1. The van der Waals surface area contributed by atoms with Gasteiger partial charge < -0.3 is 15.9 Å². The van der Waals surface area contributed by atoms with Gasteiger partial charge in [-0.25, -0.2) is 0 Å². The molecule has 0 aliphatic carbocycles. The lowest BCUT2D eigenvalue weighted by Gasteiger charge is -2.16. The molecule has 0 saturated carbocycles. The molecule has 1 rings (SSSR count).